The Balaban J connectivity index is 2.33. The molecule has 1 heterocycles. The van der Waals surface area contributed by atoms with Crippen LogP contribution in [0.25, 0.3) is 11.1 Å². The van der Waals surface area contributed by atoms with Gasteiger partial charge in [-0.2, -0.15) is 0 Å². The van der Waals surface area contributed by atoms with Crippen molar-refractivity contribution >= 4 is 0 Å². The van der Waals surface area contributed by atoms with Gasteiger partial charge in [-0.25, -0.2) is 4.73 Å². The maximum absolute atomic E-state index is 9.11. The summed E-state index contributed by atoms with van der Waals surface area (Å²) >= 11 is 0. The van der Waals surface area contributed by atoms with Gasteiger partial charge in [0.25, 0.3) is 0 Å². The van der Waals surface area contributed by atoms with Crippen LogP contribution in [-0.4, -0.2) is 17.0 Å². The number of ether oxygens (including phenoxy) is 1. The van der Waals surface area contributed by atoms with Gasteiger partial charge in [-0.3, -0.25) is 0 Å². The first-order chi connectivity index (χ1) is 6.79. The smallest absolute Gasteiger partial charge is 0.118 e. The van der Waals surface area contributed by atoms with Crippen LogP contribution in [0.2, 0.25) is 0 Å². The Morgan fingerprint density at radius 3 is 2.29 bits per heavy atom. The van der Waals surface area contributed by atoms with Gasteiger partial charge in [-0.15, -0.1) is 0 Å². The van der Waals surface area contributed by atoms with Crippen molar-refractivity contribution in [2.75, 3.05) is 7.11 Å². The van der Waals surface area contributed by atoms with Gasteiger partial charge >= 0.3 is 0 Å². The average molecular weight is 189 g/mol. The number of hydrogen-bond donors (Lipinski definition) is 1. The minimum atomic E-state index is 0.831. The topological polar surface area (TPSA) is 34.4 Å². The summed E-state index contributed by atoms with van der Waals surface area (Å²) in [5.74, 6) is 0.831. The summed E-state index contributed by atoms with van der Waals surface area (Å²) in [7, 11) is 1.64. The summed E-state index contributed by atoms with van der Waals surface area (Å²) in [6.45, 7) is 0. The summed E-state index contributed by atoms with van der Waals surface area (Å²) in [5, 5.41) is 9.11. The van der Waals surface area contributed by atoms with Crippen LogP contribution < -0.4 is 4.74 Å². The van der Waals surface area contributed by atoms with Gasteiger partial charge in [-0.1, -0.05) is 12.1 Å². The van der Waals surface area contributed by atoms with Crippen LogP contribution in [0.4, 0.5) is 0 Å². The monoisotopic (exact) mass is 189 g/mol. The first-order valence-electron chi connectivity index (χ1n) is 4.31. The van der Waals surface area contributed by atoms with Crippen LogP contribution >= 0.6 is 0 Å². The first kappa shape index (κ1) is 8.69. The van der Waals surface area contributed by atoms with E-state index in [1.165, 1.54) is 0 Å². The van der Waals surface area contributed by atoms with Gasteiger partial charge in [-0.05, 0) is 23.8 Å². The largest absolute Gasteiger partial charge is 0.497 e. The summed E-state index contributed by atoms with van der Waals surface area (Å²) < 4.78 is 6.10. The number of hydrogen-bond acceptors (Lipinski definition) is 2. The molecule has 1 N–H and O–H groups in total. The van der Waals surface area contributed by atoms with Gasteiger partial charge in [0.2, 0.25) is 0 Å². The SMILES string of the molecule is COc1ccc(-c2ccn(O)c2)cc1. The fourth-order valence-electron chi connectivity index (χ4n) is 1.34. The lowest BCUT2D eigenvalue weighted by molar-refractivity contribution is 0.188. The van der Waals surface area contributed by atoms with Crippen molar-refractivity contribution in [3.05, 3.63) is 42.7 Å². The number of nitrogens with zero attached hydrogens (tertiary/aromatic N) is 1. The van der Waals surface area contributed by atoms with Crippen molar-refractivity contribution in [3.63, 3.8) is 0 Å². The van der Waals surface area contributed by atoms with Crippen molar-refractivity contribution in [2.24, 2.45) is 0 Å². The molecular formula is C11H11NO2. The predicted octanol–water partition coefficient (Wildman–Crippen LogP) is 2.40. The standard InChI is InChI=1S/C11H11NO2/c1-14-11-4-2-9(3-5-11)10-6-7-12(13)8-10/h2-8,13H,1H3. The summed E-state index contributed by atoms with van der Waals surface area (Å²) in [6.07, 6.45) is 3.25. The molecule has 0 aliphatic heterocycles. The molecule has 1 aromatic heterocycles. The van der Waals surface area contributed by atoms with E-state index >= 15 is 0 Å². The molecule has 0 bridgehead atoms. The van der Waals surface area contributed by atoms with E-state index in [4.69, 9.17) is 9.94 Å². The lowest BCUT2D eigenvalue weighted by Crippen LogP contribution is -1.82. The van der Waals surface area contributed by atoms with E-state index in [1.807, 2.05) is 30.3 Å². The molecule has 0 saturated carbocycles. The van der Waals surface area contributed by atoms with Crippen molar-refractivity contribution in [3.8, 4) is 16.9 Å². The molecule has 0 aliphatic rings. The summed E-state index contributed by atoms with van der Waals surface area (Å²) in [6, 6.07) is 9.54. The molecule has 0 unspecified atom stereocenters. The fraction of sp³-hybridized carbons (Fsp3) is 0.0909. The highest BCUT2D eigenvalue weighted by Crippen LogP contribution is 2.21. The minimum Gasteiger partial charge on any atom is -0.497 e. The second-order valence-electron chi connectivity index (χ2n) is 3.01. The molecule has 3 heteroatoms. The Kier molecular flexibility index (Phi) is 2.14. The van der Waals surface area contributed by atoms with Gasteiger partial charge in [0.15, 0.2) is 0 Å². The molecule has 0 aliphatic carbocycles. The zero-order valence-electron chi connectivity index (χ0n) is 7.84. The van der Waals surface area contributed by atoms with Gasteiger partial charge in [0.1, 0.15) is 5.75 Å². The van der Waals surface area contributed by atoms with Gasteiger partial charge in [0, 0.05) is 11.8 Å². The zero-order valence-corrected chi connectivity index (χ0v) is 7.84. The van der Waals surface area contributed by atoms with Crippen LogP contribution in [0.15, 0.2) is 42.7 Å². The van der Waals surface area contributed by atoms with Gasteiger partial charge < -0.3 is 9.94 Å². The molecule has 0 radical (unpaired) electrons. The molecule has 0 atom stereocenters. The van der Waals surface area contributed by atoms with E-state index in [0.29, 0.717) is 0 Å². The minimum absolute atomic E-state index is 0.831. The summed E-state index contributed by atoms with van der Waals surface area (Å²) in [5.41, 5.74) is 2.04. The third-order valence-electron chi connectivity index (χ3n) is 2.10. The van der Waals surface area contributed by atoms with Crippen LogP contribution in [0, 0.1) is 0 Å². The van der Waals surface area contributed by atoms with E-state index < -0.39 is 0 Å². The second-order valence-corrected chi connectivity index (χ2v) is 3.01. The molecule has 0 amide bonds. The summed E-state index contributed by atoms with van der Waals surface area (Å²) in [4.78, 5) is 0. The number of methoxy groups -OCH3 is 1. The van der Waals surface area contributed by atoms with Crippen molar-refractivity contribution in [1.82, 2.24) is 4.73 Å². The van der Waals surface area contributed by atoms with E-state index in [2.05, 4.69) is 0 Å². The number of aromatic nitrogens is 1. The van der Waals surface area contributed by atoms with Crippen LogP contribution in [0.1, 0.15) is 0 Å². The van der Waals surface area contributed by atoms with Crippen molar-refractivity contribution in [2.45, 2.75) is 0 Å². The van der Waals surface area contributed by atoms with E-state index in [1.54, 1.807) is 19.5 Å². The van der Waals surface area contributed by atoms with Crippen molar-refractivity contribution in [1.29, 1.82) is 0 Å². The third-order valence-corrected chi connectivity index (χ3v) is 2.10. The Morgan fingerprint density at radius 1 is 1.07 bits per heavy atom. The highest BCUT2D eigenvalue weighted by Gasteiger charge is 1.99. The predicted molar refractivity (Wildman–Crippen MR) is 53.6 cm³/mol. The van der Waals surface area contributed by atoms with Gasteiger partial charge in [0.05, 0.1) is 13.3 Å². The molecule has 0 fully saturated rings. The molecule has 0 spiro atoms. The molecule has 1 aromatic carbocycles. The first-order valence-corrected chi connectivity index (χ1v) is 4.31. The molecule has 0 saturated heterocycles. The highest BCUT2D eigenvalue weighted by molar-refractivity contribution is 5.63. The quantitative estimate of drug-likeness (QED) is 0.736. The Bertz CT molecular complexity index is 417. The molecule has 72 valence electrons. The zero-order chi connectivity index (χ0) is 9.97. The lowest BCUT2D eigenvalue weighted by Gasteiger charge is -2.00. The molecular weight excluding hydrogens is 178 g/mol. The Labute approximate surface area is 82.1 Å². The van der Waals surface area contributed by atoms with Crippen molar-refractivity contribution < 1.29 is 9.94 Å². The molecule has 2 aromatic rings. The van der Waals surface area contributed by atoms with Crippen LogP contribution in [0.5, 0.6) is 5.75 Å². The normalized spacial score (nSPS) is 10.1. The lowest BCUT2D eigenvalue weighted by atomic mass is 10.1. The highest BCUT2D eigenvalue weighted by atomic mass is 16.5. The third kappa shape index (κ3) is 1.57. The van der Waals surface area contributed by atoms with Crippen LogP contribution in [-0.2, 0) is 0 Å². The maximum atomic E-state index is 9.11. The second kappa shape index (κ2) is 3.46. The Morgan fingerprint density at radius 2 is 1.79 bits per heavy atom. The molecule has 2 rings (SSSR count). The number of rotatable bonds is 2. The maximum Gasteiger partial charge on any atom is 0.118 e. The Hall–Kier alpha value is -1.90. The van der Waals surface area contributed by atoms with Crippen LogP contribution in [0.3, 0.4) is 0 Å². The van der Waals surface area contributed by atoms with E-state index in [0.717, 1.165) is 21.6 Å². The molecule has 14 heavy (non-hydrogen) atoms. The number of benzene rings is 1. The fourth-order valence-corrected chi connectivity index (χ4v) is 1.34. The van der Waals surface area contributed by atoms with E-state index in [-0.39, 0.29) is 0 Å². The molecule has 3 nitrogen and oxygen atoms in total. The van der Waals surface area contributed by atoms with E-state index in [9.17, 15) is 0 Å². The average Bonchev–Trinajstić information content (AvgIpc) is 2.65.